The third-order valence-corrected chi connectivity index (χ3v) is 6.23. The molecule has 2 N–H and O–H groups in total. The predicted octanol–water partition coefficient (Wildman–Crippen LogP) is 4.09. The predicted molar refractivity (Wildman–Crippen MR) is 126 cm³/mol. The molecular weight excluding hydrogens is 491 g/mol. The van der Waals surface area contributed by atoms with E-state index in [0.29, 0.717) is 6.04 Å². The number of rotatable bonds is 8. The van der Waals surface area contributed by atoms with E-state index in [1.807, 2.05) is 7.05 Å². The third-order valence-electron chi connectivity index (χ3n) is 4.71. The highest BCUT2D eigenvalue weighted by molar-refractivity contribution is 14.0. The van der Waals surface area contributed by atoms with Gasteiger partial charge in [0.05, 0.1) is 6.54 Å². The number of thioether (sulfide) groups is 1. The number of hydrogen-bond donors (Lipinski definition) is 2. The maximum atomic E-state index is 4.46. The first-order valence-electron chi connectivity index (χ1n) is 9.26. The second kappa shape index (κ2) is 11.9. The number of nitrogens with zero attached hydrogens (tertiary/aromatic N) is 4. The molecule has 0 spiro atoms. The SMILES string of the molecule is CN=C(NCCCc1nnc(SC)n1C1CCCC1)NCc1cccs1.I. The lowest BCUT2D eigenvalue weighted by atomic mass is 10.2. The molecule has 0 aliphatic heterocycles. The van der Waals surface area contributed by atoms with Gasteiger partial charge < -0.3 is 15.2 Å². The zero-order valence-corrected chi connectivity index (χ0v) is 19.9. The lowest BCUT2D eigenvalue weighted by molar-refractivity contribution is 0.460. The molecule has 0 atom stereocenters. The number of nitrogens with one attached hydrogen (secondary N) is 2. The van der Waals surface area contributed by atoms with Gasteiger partial charge in [-0.1, -0.05) is 30.7 Å². The molecule has 0 unspecified atom stereocenters. The van der Waals surface area contributed by atoms with E-state index in [4.69, 9.17) is 0 Å². The molecular formula is C18H29IN6S2. The van der Waals surface area contributed by atoms with Gasteiger partial charge in [0.2, 0.25) is 0 Å². The van der Waals surface area contributed by atoms with E-state index in [-0.39, 0.29) is 24.0 Å². The number of aromatic nitrogens is 3. The van der Waals surface area contributed by atoms with E-state index in [2.05, 4.69) is 54.2 Å². The van der Waals surface area contributed by atoms with Gasteiger partial charge in [0, 0.05) is 30.9 Å². The lowest BCUT2D eigenvalue weighted by Crippen LogP contribution is -2.37. The Bertz CT molecular complexity index is 695. The summed E-state index contributed by atoms with van der Waals surface area (Å²) in [5.41, 5.74) is 0. The zero-order valence-electron chi connectivity index (χ0n) is 16.0. The monoisotopic (exact) mass is 520 g/mol. The molecule has 3 rings (SSSR count). The fourth-order valence-corrected chi connectivity index (χ4v) is 4.62. The molecule has 1 aliphatic rings. The van der Waals surface area contributed by atoms with Gasteiger partial charge in [0.15, 0.2) is 11.1 Å². The smallest absolute Gasteiger partial charge is 0.191 e. The van der Waals surface area contributed by atoms with Gasteiger partial charge in [-0.2, -0.15) is 0 Å². The largest absolute Gasteiger partial charge is 0.356 e. The Labute approximate surface area is 187 Å². The first kappa shape index (κ1) is 22.5. The van der Waals surface area contributed by atoms with E-state index < -0.39 is 0 Å². The van der Waals surface area contributed by atoms with Crippen LogP contribution in [-0.2, 0) is 13.0 Å². The summed E-state index contributed by atoms with van der Waals surface area (Å²) >= 11 is 3.46. The molecule has 2 heterocycles. The van der Waals surface area contributed by atoms with Gasteiger partial charge in [-0.25, -0.2) is 0 Å². The van der Waals surface area contributed by atoms with Crippen LogP contribution in [-0.4, -0.2) is 40.6 Å². The fourth-order valence-electron chi connectivity index (χ4n) is 3.40. The molecule has 0 amide bonds. The highest BCUT2D eigenvalue weighted by Gasteiger charge is 2.23. The summed E-state index contributed by atoms with van der Waals surface area (Å²) in [5, 5.41) is 18.7. The minimum Gasteiger partial charge on any atom is -0.356 e. The second-order valence-corrected chi connectivity index (χ2v) is 8.25. The van der Waals surface area contributed by atoms with E-state index in [1.54, 1.807) is 23.1 Å². The molecule has 0 radical (unpaired) electrons. The molecule has 0 saturated heterocycles. The number of hydrogen-bond acceptors (Lipinski definition) is 5. The van der Waals surface area contributed by atoms with Gasteiger partial charge in [-0.15, -0.1) is 45.5 Å². The van der Waals surface area contributed by atoms with E-state index in [1.165, 1.54) is 30.6 Å². The van der Waals surface area contributed by atoms with Crippen molar-refractivity contribution >= 4 is 53.0 Å². The second-order valence-electron chi connectivity index (χ2n) is 6.45. The number of aliphatic imine (C=N–C) groups is 1. The van der Waals surface area contributed by atoms with E-state index in [9.17, 15) is 0 Å². The topological polar surface area (TPSA) is 67.1 Å². The van der Waals surface area contributed by atoms with Crippen molar-refractivity contribution in [2.45, 2.75) is 56.3 Å². The van der Waals surface area contributed by atoms with Crippen molar-refractivity contribution in [2.24, 2.45) is 4.99 Å². The minimum atomic E-state index is 0. The summed E-state index contributed by atoms with van der Waals surface area (Å²) in [4.78, 5) is 5.60. The molecule has 1 aliphatic carbocycles. The van der Waals surface area contributed by atoms with Gasteiger partial charge >= 0.3 is 0 Å². The van der Waals surface area contributed by atoms with Crippen LogP contribution in [0.3, 0.4) is 0 Å². The summed E-state index contributed by atoms with van der Waals surface area (Å²) in [7, 11) is 1.81. The summed E-state index contributed by atoms with van der Waals surface area (Å²) in [6.45, 7) is 1.68. The Morgan fingerprint density at radius 3 is 2.81 bits per heavy atom. The summed E-state index contributed by atoms with van der Waals surface area (Å²) in [6.07, 6.45) is 9.21. The van der Waals surface area contributed by atoms with Crippen molar-refractivity contribution in [1.29, 1.82) is 0 Å². The molecule has 1 saturated carbocycles. The number of thiophene rings is 1. The number of halogens is 1. The van der Waals surface area contributed by atoms with Crippen molar-refractivity contribution in [3.63, 3.8) is 0 Å². The standard InChI is InChI=1S/C18H28N6S2.HI/c1-19-17(21-13-15-9-6-12-26-15)20-11-5-10-16-22-23-18(25-2)24(16)14-7-3-4-8-14;/h6,9,12,14H,3-5,7-8,10-11,13H2,1-2H3,(H2,19,20,21);1H. The molecule has 9 heteroatoms. The summed E-state index contributed by atoms with van der Waals surface area (Å²) in [6, 6.07) is 4.79. The Kier molecular flexibility index (Phi) is 9.91. The normalized spacial score (nSPS) is 15.0. The highest BCUT2D eigenvalue weighted by atomic mass is 127. The number of guanidine groups is 1. The highest BCUT2D eigenvalue weighted by Crippen LogP contribution is 2.33. The Morgan fingerprint density at radius 1 is 1.33 bits per heavy atom. The van der Waals surface area contributed by atoms with Crippen molar-refractivity contribution in [1.82, 2.24) is 25.4 Å². The van der Waals surface area contributed by atoms with Crippen molar-refractivity contribution in [3.05, 3.63) is 28.2 Å². The summed E-state index contributed by atoms with van der Waals surface area (Å²) in [5.74, 6) is 1.98. The van der Waals surface area contributed by atoms with Gasteiger partial charge in [-0.05, 0) is 37.0 Å². The van der Waals surface area contributed by atoms with E-state index in [0.717, 1.165) is 42.9 Å². The van der Waals surface area contributed by atoms with Crippen molar-refractivity contribution < 1.29 is 0 Å². The van der Waals surface area contributed by atoms with Crippen LogP contribution in [0.15, 0.2) is 27.7 Å². The lowest BCUT2D eigenvalue weighted by Gasteiger charge is -2.16. The maximum Gasteiger partial charge on any atom is 0.191 e. The molecule has 150 valence electrons. The Morgan fingerprint density at radius 2 is 2.15 bits per heavy atom. The van der Waals surface area contributed by atoms with Gasteiger partial charge in [0.25, 0.3) is 0 Å². The fraction of sp³-hybridized carbons (Fsp3) is 0.611. The first-order valence-corrected chi connectivity index (χ1v) is 11.4. The van der Waals surface area contributed by atoms with Crippen LogP contribution < -0.4 is 10.6 Å². The average molecular weight is 521 g/mol. The van der Waals surface area contributed by atoms with Crippen LogP contribution in [0.5, 0.6) is 0 Å². The third kappa shape index (κ3) is 6.35. The molecule has 1 fully saturated rings. The molecule has 0 bridgehead atoms. The minimum absolute atomic E-state index is 0. The van der Waals surface area contributed by atoms with E-state index >= 15 is 0 Å². The summed E-state index contributed by atoms with van der Waals surface area (Å²) < 4.78 is 2.39. The van der Waals surface area contributed by atoms with Crippen LogP contribution in [0.2, 0.25) is 0 Å². The van der Waals surface area contributed by atoms with Crippen LogP contribution in [0, 0.1) is 0 Å². The van der Waals surface area contributed by atoms with Gasteiger partial charge in [0.1, 0.15) is 5.82 Å². The Balaban J connectivity index is 0.00000261. The van der Waals surface area contributed by atoms with Crippen LogP contribution in [0.4, 0.5) is 0 Å². The van der Waals surface area contributed by atoms with Crippen LogP contribution in [0.1, 0.15) is 48.8 Å². The van der Waals surface area contributed by atoms with Crippen molar-refractivity contribution in [3.8, 4) is 0 Å². The molecule has 27 heavy (non-hydrogen) atoms. The van der Waals surface area contributed by atoms with Crippen LogP contribution in [0.25, 0.3) is 0 Å². The molecule has 2 aromatic heterocycles. The molecule has 2 aromatic rings. The van der Waals surface area contributed by atoms with Crippen LogP contribution >= 0.6 is 47.1 Å². The zero-order chi connectivity index (χ0) is 18.2. The molecule has 0 aromatic carbocycles. The quantitative estimate of drug-likeness (QED) is 0.181. The first-order chi connectivity index (χ1) is 12.8. The van der Waals surface area contributed by atoms with Gasteiger partial charge in [-0.3, -0.25) is 4.99 Å². The molecule has 6 nitrogen and oxygen atoms in total. The number of aryl methyl sites for hydroxylation is 1. The maximum absolute atomic E-state index is 4.46. The Hall–Kier alpha value is -0.810. The average Bonchev–Trinajstić information content (AvgIpc) is 3.41. The van der Waals surface area contributed by atoms with Crippen molar-refractivity contribution in [2.75, 3.05) is 19.8 Å².